The fraction of sp³-hybridized carbons (Fsp3) is 0.763. The van der Waals surface area contributed by atoms with Crippen LogP contribution in [0.5, 0.6) is 0 Å². The zero-order valence-corrected chi connectivity index (χ0v) is 55.9. The van der Waals surface area contributed by atoms with Crippen molar-refractivity contribution < 1.29 is 49.3 Å². The number of carbonyl (C=O) groups is 2. The van der Waals surface area contributed by atoms with Crippen molar-refractivity contribution >= 4 is 11.9 Å². The molecule has 0 aliphatic carbocycles. The minimum atomic E-state index is -1.63. The molecule has 1 heterocycles. The molecule has 0 aromatic heterocycles. The van der Waals surface area contributed by atoms with Gasteiger partial charge in [-0.3, -0.25) is 9.59 Å². The molecule has 0 spiro atoms. The Labute approximate surface area is 533 Å². The molecule has 6 N–H and O–H groups in total. The molecule has 1 fully saturated rings. The van der Waals surface area contributed by atoms with E-state index in [2.05, 4.69) is 92.9 Å². The molecule has 0 aromatic rings. The summed E-state index contributed by atoms with van der Waals surface area (Å²) in [7, 11) is 0. The first-order chi connectivity index (χ1) is 42.7. The van der Waals surface area contributed by atoms with Crippen LogP contribution in [-0.2, 0) is 23.8 Å². The third-order valence-electron chi connectivity index (χ3n) is 16.5. The normalized spacial score (nSPS) is 18.8. The summed E-state index contributed by atoms with van der Waals surface area (Å²) < 4.78 is 17.7. The lowest BCUT2D eigenvalue weighted by Crippen LogP contribution is -2.61. The molecule has 87 heavy (non-hydrogen) atoms. The molecule has 502 valence electrons. The summed E-state index contributed by atoms with van der Waals surface area (Å²) in [6.45, 7) is 5.66. The highest BCUT2D eigenvalue weighted by Crippen LogP contribution is 2.26. The van der Waals surface area contributed by atoms with Crippen molar-refractivity contribution in [1.29, 1.82) is 0 Å². The Hall–Kier alpha value is -3.42. The molecule has 0 radical (unpaired) electrons. The van der Waals surface area contributed by atoms with Crippen molar-refractivity contribution in [2.75, 3.05) is 13.2 Å². The van der Waals surface area contributed by atoms with Crippen LogP contribution in [0.4, 0.5) is 0 Å². The van der Waals surface area contributed by atoms with Gasteiger partial charge in [-0.1, -0.05) is 311 Å². The topological polar surface area (TPSA) is 175 Å². The Bertz CT molecular complexity index is 1790. The molecule has 11 heteroatoms. The minimum absolute atomic E-state index is 0.0552. The zero-order chi connectivity index (χ0) is 63.1. The number of carbonyl (C=O) groups excluding carboxylic acids is 2. The van der Waals surface area contributed by atoms with Gasteiger partial charge < -0.3 is 45.1 Å². The van der Waals surface area contributed by atoms with Gasteiger partial charge in [0, 0.05) is 12.8 Å². The van der Waals surface area contributed by atoms with Gasteiger partial charge in [-0.2, -0.15) is 0 Å². The molecule has 8 atom stereocenters. The van der Waals surface area contributed by atoms with Crippen molar-refractivity contribution in [3.8, 4) is 0 Å². The Morgan fingerprint density at radius 1 is 0.460 bits per heavy atom. The van der Waals surface area contributed by atoms with Gasteiger partial charge in [0.15, 0.2) is 12.4 Å². The quantitative estimate of drug-likeness (QED) is 0.0195. The maximum absolute atomic E-state index is 13.4. The van der Waals surface area contributed by atoms with Crippen molar-refractivity contribution in [1.82, 2.24) is 5.32 Å². The van der Waals surface area contributed by atoms with Crippen LogP contribution >= 0.6 is 0 Å². The number of aliphatic hydroxyl groups excluding tert-OH is 5. The molecular formula is C76H133NO10. The summed E-state index contributed by atoms with van der Waals surface area (Å²) in [5, 5.41) is 57.1. The van der Waals surface area contributed by atoms with E-state index in [4.69, 9.17) is 14.2 Å². The Balaban J connectivity index is 2.59. The lowest BCUT2D eigenvalue weighted by Gasteiger charge is -2.41. The van der Waals surface area contributed by atoms with Gasteiger partial charge in [-0.05, 0) is 83.5 Å². The lowest BCUT2D eigenvalue weighted by atomic mass is 9.99. The van der Waals surface area contributed by atoms with Crippen LogP contribution in [0, 0.1) is 0 Å². The van der Waals surface area contributed by atoms with Crippen LogP contribution in [0.1, 0.15) is 310 Å². The average Bonchev–Trinajstić information content (AvgIpc) is 2.75. The number of allylic oxidation sites excluding steroid dienone is 14. The summed E-state index contributed by atoms with van der Waals surface area (Å²) in [4.78, 5) is 26.6. The molecule has 0 bridgehead atoms. The first-order valence-electron chi connectivity index (χ1n) is 36.0. The molecule has 1 aliphatic heterocycles. The molecule has 0 saturated carbocycles. The second-order valence-electron chi connectivity index (χ2n) is 24.6. The number of rotatable bonds is 61. The predicted octanol–water partition coefficient (Wildman–Crippen LogP) is 18.6. The van der Waals surface area contributed by atoms with E-state index in [9.17, 15) is 35.1 Å². The highest BCUT2D eigenvalue weighted by molar-refractivity contribution is 5.81. The maximum atomic E-state index is 13.4. The molecule has 11 nitrogen and oxygen atoms in total. The van der Waals surface area contributed by atoms with E-state index in [1.165, 1.54) is 186 Å². The summed E-state index contributed by atoms with van der Waals surface area (Å²) in [6.07, 6.45) is 74.8. The molecule has 1 rings (SSSR count). The molecule has 8 unspecified atom stereocenters. The Kier molecular flexibility index (Phi) is 58.9. The van der Waals surface area contributed by atoms with E-state index < -0.39 is 67.4 Å². The molecular weight excluding hydrogens is 1090 g/mol. The van der Waals surface area contributed by atoms with E-state index >= 15 is 0 Å². The first-order valence-corrected chi connectivity index (χ1v) is 36.0. The average molecular weight is 1220 g/mol. The van der Waals surface area contributed by atoms with Crippen LogP contribution in [0.15, 0.2) is 97.2 Å². The largest absolute Gasteiger partial charge is 0.454 e. The number of aliphatic hydroxyl groups is 5. The third kappa shape index (κ3) is 50.0. The summed E-state index contributed by atoms with van der Waals surface area (Å²) in [6, 6.07) is -1.07. The smallest absolute Gasteiger partial charge is 0.306 e. The lowest BCUT2D eigenvalue weighted by molar-refractivity contribution is -0.305. The zero-order valence-electron chi connectivity index (χ0n) is 55.9. The van der Waals surface area contributed by atoms with E-state index in [0.717, 1.165) is 77.0 Å². The van der Waals surface area contributed by atoms with Crippen molar-refractivity contribution in [2.24, 2.45) is 0 Å². The number of esters is 1. The van der Waals surface area contributed by atoms with Crippen LogP contribution in [0.25, 0.3) is 0 Å². The van der Waals surface area contributed by atoms with E-state index in [0.29, 0.717) is 12.8 Å². The Morgan fingerprint density at radius 3 is 1.23 bits per heavy atom. The number of unbranched alkanes of at least 4 members (excludes halogenated alkanes) is 34. The fourth-order valence-electron chi connectivity index (χ4n) is 10.8. The second-order valence-corrected chi connectivity index (χ2v) is 24.6. The van der Waals surface area contributed by atoms with Crippen molar-refractivity contribution in [3.63, 3.8) is 0 Å². The molecule has 0 aromatic carbocycles. The highest BCUT2D eigenvalue weighted by Gasteiger charge is 2.47. The van der Waals surface area contributed by atoms with Gasteiger partial charge in [0.25, 0.3) is 0 Å². The van der Waals surface area contributed by atoms with Gasteiger partial charge in [0.1, 0.15) is 24.4 Å². The molecule has 1 aliphatic rings. The fourth-order valence-corrected chi connectivity index (χ4v) is 10.8. The summed E-state index contributed by atoms with van der Waals surface area (Å²) in [5.74, 6) is -1.28. The van der Waals surface area contributed by atoms with Crippen molar-refractivity contribution in [2.45, 2.75) is 359 Å². The van der Waals surface area contributed by atoms with Gasteiger partial charge in [0.2, 0.25) is 5.91 Å². The van der Waals surface area contributed by atoms with Crippen LogP contribution in [-0.4, -0.2) is 99.6 Å². The van der Waals surface area contributed by atoms with Gasteiger partial charge in [0.05, 0.1) is 25.4 Å². The highest BCUT2D eigenvalue weighted by atomic mass is 16.7. The van der Waals surface area contributed by atoms with Gasteiger partial charge in [-0.25, -0.2) is 0 Å². The van der Waals surface area contributed by atoms with Gasteiger partial charge >= 0.3 is 5.97 Å². The SMILES string of the molecule is CC/C=C\C/C=C\C/C=C\C/C=C\C/C=C\C/C=C\CC(O)C(=O)NC(COC1OC(CO)C(O)C(O)C1OC(=O)CCCCCCCCCCCCCCCCCCC/C=C/CCCCCCCC)C(O)/C=C/CCCCCCCCCCCCC. The molecule has 1 saturated heterocycles. The second kappa shape index (κ2) is 62.8. The third-order valence-corrected chi connectivity index (χ3v) is 16.5. The van der Waals surface area contributed by atoms with Crippen LogP contribution in [0.3, 0.4) is 0 Å². The first kappa shape index (κ1) is 81.6. The number of hydrogen-bond acceptors (Lipinski definition) is 10. The van der Waals surface area contributed by atoms with Gasteiger partial charge in [-0.15, -0.1) is 0 Å². The van der Waals surface area contributed by atoms with E-state index in [-0.39, 0.29) is 19.4 Å². The minimum Gasteiger partial charge on any atom is -0.454 e. The number of hydrogen-bond donors (Lipinski definition) is 6. The molecule has 1 amide bonds. The van der Waals surface area contributed by atoms with Crippen LogP contribution < -0.4 is 5.32 Å². The Morgan fingerprint density at radius 2 is 0.828 bits per heavy atom. The maximum Gasteiger partial charge on any atom is 0.306 e. The number of amides is 1. The number of nitrogens with one attached hydrogen (secondary N) is 1. The summed E-state index contributed by atoms with van der Waals surface area (Å²) >= 11 is 0. The number of ether oxygens (including phenoxy) is 3. The monoisotopic (exact) mass is 1220 g/mol. The van der Waals surface area contributed by atoms with Crippen molar-refractivity contribution in [3.05, 3.63) is 97.2 Å². The standard InChI is InChI=1S/C76H133NO10/c1-4-7-10-13-16-19-22-25-27-29-31-32-33-34-35-36-37-38-39-41-43-46-49-52-55-58-61-64-71(81)87-74-73(83)72(82)70(65-78)86-76(74)85-66-67(68(79)62-59-56-53-50-47-44-24-21-18-15-12-9-6-3)77-75(84)69(80)63-60-57-54-51-48-45-42-40-30-28-26-23-20-17-14-11-8-5-2/h8,11,17,20,25-28,40,42,48,51,57,59-60,62,67-70,72-74,76,78-80,82-83H,4-7,9-10,12-16,18-19,21-24,29-39,41,43-47,49-50,52-56,58,61,63-66H2,1-3H3,(H,77,84)/b11-8-,20-17-,27-25+,28-26-,42-40-,51-48-,60-57-,62-59+. The van der Waals surface area contributed by atoms with E-state index in [1.807, 2.05) is 18.2 Å². The van der Waals surface area contributed by atoms with Crippen LogP contribution in [0.2, 0.25) is 0 Å². The summed E-state index contributed by atoms with van der Waals surface area (Å²) in [5.41, 5.74) is 0. The van der Waals surface area contributed by atoms with E-state index in [1.54, 1.807) is 12.2 Å². The predicted molar refractivity (Wildman–Crippen MR) is 365 cm³/mol.